The first-order chi connectivity index (χ1) is 13.1. The monoisotopic (exact) mass is 367 g/mol. The molecular formula is C21H29N5O. The molecule has 1 aromatic heterocycles. The first kappa shape index (κ1) is 20.4. The van der Waals surface area contributed by atoms with E-state index in [0.29, 0.717) is 19.0 Å². The maximum atomic E-state index is 12.4. The van der Waals surface area contributed by atoms with Crippen LogP contribution in [0.4, 0.5) is 0 Å². The average Bonchev–Trinajstić information content (AvgIpc) is 2.69. The molecule has 0 atom stereocenters. The predicted molar refractivity (Wildman–Crippen MR) is 110 cm³/mol. The summed E-state index contributed by atoms with van der Waals surface area (Å²) in [7, 11) is 1.81. The van der Waals surface area contributed by atoms with Gasteiger partial charge in [0.15, 0.2) is 5.96 Å². The van der Waals surface area contributed by atoms with Gasteiger partial charge >= 0.3 is 0 Å². The van der Waals surface area contributed by atoms with Crippen LogP contribution in [0, 0.1) is 6.92 Å². The summed E-state index contributed by atoms with van der Waals surface area (Å²) in [5.41, 5.74) is 3.37. The number of hydrogen-bond acceptors (Lipinski definition) is 3. The van der Waals surface area contributed by atoms with Gasteiger partial charge < -0.3 is 15.5 Å². The molecule has 0 spiro atoms. The van der Waals surface area contributed by atoms with E-state index in [-0.39, 0.29) is 12.5 Å². The predicted octanol–water partition coefficient (Wildman–Crippen LogP) is 2.15. The minimum Gasteiger partial charge on any atom is -0.357 e. The summed E-state index contributed by atoms with van der Waals surface area (Å²) in [6.45, 7) is 6.23. The van der Waals surface area contributed by atoms with Gasteiger partial charge in [0.2, 0.25) is 5.91 Å². The van der Waals surface area contributed by atoms with Crippen LogP contribution in [0.1, 0.15) is 23.7 Å². The van der Waals surface area contributed by atoms with Crippen molar-refractivity contribution in [2.75, 3.05) is 26.7 Å². The number of aliphatic imine (C=N–C) groups is 1. The number of benzene rings is 1. The fourth-order valence-electron chi connectivity index (χ4n) is 2.54. The van der Waals surface area contributed by atoms with Crippen molar-refractivity contribution >= 4 is 11.9 Å². The van der Waals surface area contributed by atoms with Crippen LogP contribution in [0.25, 0.3) is 0 Å². The zero-order valence-corrected chi connectivity index (χ0v) is 16.4. The fraction of sp³-hybridized carbons (Fsp3) is 0.381. The van der Waals surface area contributed by atoms with Gasteiger partial charge in [0.25, 0.3) is 0 Å². The Morgan fingerprint density at radius 3 is 2.63 bits per heavy atom. The molecule has 2 N–H and O–H groups in total. The summed E-state index contributed by atoms with van der Waals surface area (Å²) < 4.78 is 0. The molecule has 1 heterocycles. The Balaban J connectivity index is 1.83. The van der Waals surface area contributed by atoms with Crippen molar-refractivity contribution in [1.82, 2.24) is 20.5 Å². The van der Waals surface area contributed by atoms with Gasteiger partial charge in [-0.05, 0) is 37.1 Å². The summed E-state index contributed by atoms with van der Waals surface area (Å²) >= 11 is 0. The van der Waals surface area contributed by atoms with Crippen LogP contribution in [0.5, 0.6) is 0 Å². The number of carbonyl (C=O) groups excluding carboxylic acids is 1. The van der Waals surface area contributed by atoms with Gasteiger partial charge in [-0.3, -0.25) is 9.78 Å². The summed E-state index contributed by atoms with van der Waals surface area (Å²) in [6, 6.07) is 14.0. The Labute approximate surface area is 161 Å². The number of aryl methyl sites for hydroxylation is 1. The second-order valence-corrected chi connectivity index (χ2v) is 6.36. The molecule has 6 heteroatoms. The molecule has 6 nitrogen and oxygen atoms in total. The number of nitrogens with zero attached hydrogens (tertiary/aromatic N) is 3. The molecule has 0 aliphatic heterocycles. The third kappa shape index (κ3) is 7.09. The van der Waals surface area contributed by atoms with Gasteiger partial charge in [-0.1, -0.05) is 30.3 Å². The van der Waals surface area contributed by atoms with Gasteiger partial charge in [0.1, 0.15) is 0 Å². The lowest BCUT2D eigenvalue weighted by atomic mass is 10.1. The number of guanidine groups is 1. The minimum atomic E-state index is 0.0208. The Morgan fingerprint density at radius 1 is 1.15 bits per heavy atom. The molecule has 1 amide bonds. The van der Waals surface area contributed by atoms with Crippen LogP contribution in [0.15, 0.2) is 53.7 Å². The highest BCUT2D eigenvalue weighted by Crippen LogP contribution is 2.07. The van der Waals surface area contributed by atoms with Crippen LogP contribution < -0.4 is 10.6 Å². The molecule has 0 radical (unpaired) electrons. The highest BCUT2D eigenvalue weighted by Gasteiger charge is 2.10. The molecule has 1 aromatic carbocycles. The van der Waals surface area contributed by atoms with Crippen LogP contribution >= 0.6 is 0 Å². The maximum Gasteiger partial charge on any atom is 0.241 e. The number of carbonyl (C=O) groups is 1. The zero-order valence-electron chi connectivity index (χ0n) is 16.4. The lowest BCUT2D eigenvalue weighted by Crippen LogP contribution is -2.44. The van der Waals surface area contributed by atoms with Crippen molar-refractivity contribution in [1.29, 1.82) is 0 Å². The number of rotatable bonds is 8. The first-order valence-electron chi connectivity index (χ1n) is 9.30. The minimum absolute atomic E-state index is 0.0208. The number of likely N-dealkylation sites (N-methyl/N-ethyl adjacent to an activating group) is 1. The smallest absolute Gasteiger partial charge is 0.241 e. The number of amides is 1. The number of pyridine rings is 1. The second-order valence-electron chi connectivity index (χ2n) is 6.36. The normalized spacial score (nSPS) is 11.1. The van der Waals surface area contributed by atoms with Gasteiger partial charge in [-0.2, -0.15) is 0 Å². The lowest BCUT2D eigenvalue weighted by molar-refractivity contribution is -0.128. The topological polar surface area (TPSA) is 69.6 Å². The van der Waals surface area contributed by atoms with Crippen molar-refractivity contribution < 1.29 is 4.79 Å². The Morgan fingerprint density at radius 2 is 1.93 bits per heavy atom. The van der Waals surface area contributed by atoms with Gasteiger partial charge in [0.05, 0.1) is 13.1 Å². The summed E-state index contributed by atoms with van der Waals surface area (Å²) in [5, 5.41) is 6.30. The molecular weight excluding hydrogens is 338 g/mol. The standard InChI is InChI=1S/C21H29N5O/c1-4-22-21(24-15-18-10-6-5-9-17(18)2)25-16-20(27)26(3)14-12-19-11-7-8-13-23-19/h5-11,13H,4,12,14-16H2,1-3H3,(H2,22,24,25). The Hall–Kier alpha value is -2.89. The van der Waals surface area contributed by atoms with Gasteiger partial charge in [-0.25, -0.2) is 4.99 Å². The van der Waals surface area contributed by atoms with Gasteiger partial charge in [-0.15, -0.1) is 0 Å². The van der Waals surface area contributed by atoms with Crippen molar-refractivity contribution in [3.63, 3.8) is 0 Å². The van der Waals surface area contributed by atoms with Crippen molar-refractivity contribution in [2.45, 2.75) is 26.8 Å². The lowest BCUT2D eigenvalue weighted by Gasteiger charge is -2.18. The van der Waals surface area contributed by atoms with E-state index in [4.69, 9.17) is 0 Å². The zero-order chi connectivity index (χ0) is 19.5. The average molecular weight is 367 g/mol. The molecule has 0 bridgehead atoms. The molecule has 0 unspecified atom stereocenters. The summed E-state index contributed by atoms with van der Waals surface area (Å²) in [6.07, 6.45) is 2.51. The fourth-order valence-corrected chi connectivity index (χ4v) is 2.54. The molecule has 0 fully saturated rings. The molecule has 0 saturated heterocycles. The number of aromatic nitrogens is 1. The van der Waals surface area contributed by atoms with Crippen LogP contribution in [-0.4, -0.2) is 48.4 Å². The van der Waals surface area contributed by atoms with E-state index in [1.807, 2.05) is 44.3 Å². The van der Waals surface area contributed by atoms with E-state index < -0.39 is 0 Å². The first-order valence-corrected chi connectivity index (χ1v) is 9.30. The van der Waals surface area contributed by atoms with E-state index in [1.165, 1.54) is 11.1 Å². The van der Waals surface area contributed by atoms with Crippen LogP contribution in [-0.2, 0) is 17.8 Å². The van der Waals surface area contributed by atoms with Crippen LogP contribution in [0.3, 0.4) is 0 Å². The molecule has 0 aliphatic rings. The quantitative estimate of drug-likeness (QED) is 0.554. The van der Waals surface area contributed by atoms with Crippen molar-refractivity contribution in [3.8, 4) is 0 Å². The third-order valence-electron chi connectivity index (χ3n) is 4.28. The van der Waals surface area contributed by atoms with Crippen molar-refractivity contribution in [2.24, 2.45) is 4.99 Å². The maximum absolute atomic E-state index is 12.4. The largest absolute Gasteiger partial charge is 0.357 e. The summed E-state index contributed by atoms with van der Waals surface area (Å²) in [4.78, 5) is 22.9. The Bertz CT molecular complexity index is 745. The molecule has 0 saturated carbocycles. The number of hydrogen-bond donors (Lipinski definition) is 2. The molecule has 2 rings (SSSR count). The molecule has 27 heavy (non-hydrogen) atoms. The number of nitrogens with one attached hydrogen (secondary N) is 2. The van der Waals surface area contributed by atoms with E-state index in [9.17, 15) is 4.79 Å². The molecule has 2 aromatic rings. The Kier molecular flexibility index (Phi) is 8.29. The highest BCUT2D eigenvalue weighted by molar-refractivity contribution is 5.86. The van der Waals surface area contributed by atoms with E-state index in [0.717, 1.165) is 18.7 Å². The highest BCUT2D eigenvalue weighted by atomic mass is 16.2. The second kappa shape index (κ2) is 11.0. The van der Waals surface area contributed by atoms with E-state index >= 15 is 0 Å². The van der Waals surface area contributed by atoms with Crippen LogP contribution in [0.2, 0.25) is 0 Å². The van der Waals surface area contributed by atoms with E-state index in [1.54, 1.807) is 11.1 Å². The SMILES string of the molecule is CCNC(=NCc1ccccc1C)NCC(=O)N(C)CCc1ccccn1. The molecule has 144 valence electrons. The summed E-state index contributed by atoms with van der Waals surface area (Å²) in [5.74, 6) is 0.666. The molecule has 0 aliphatic carbocycles. The third-order valence-corrected chi connectivity index (χ3v) is 4.28. The van der Waals surface area contributed by atoms with Crippen molar-refractivity contribution in [3.05, 3.63) is 65.5 Å². The van der Waals surface area contributed by atoms with E-state index in [2.05, 4.69) is 39.7 Å². The van der Waals surface area contributed by atoms with Gasteiger partial charge in [0, 0.05) is 38.4 Å².